The summed E-state index contributed by atoms with van der Waals surface area (Å²) in [6.07, 6.45) is 0.563. The van der Waals surface area contributed by atoms with Crippen molar-refractivity contribution in [2.45, 2.75) is 23.8 Å². The normalized spacial score (nSPS) is 14.1. The van der Waals surface area contributed by atoms with Crippen molar-refractivity contribution in [3.05, 3.63) is 59.9 Å². The van der Waals surface area contributed by atoms with E-state index in [4.69, 9.17) is 9.47 Å². The molecule has 0 fully saturated rings. The highest BCUT2D eigenvalue weighted by Gasteiger charge is 2.32. The first-order chi connectivity index (χ1) is 11.9. The van der Waals surface area contributed by atoms with Gasteiger partial charge in [-0.25, -0.2) is 17.5 Å². The second kappa shape index (κ2) is 7.95. The zero-order chi connectivity index (χ0) is 18.5. The zero-order valence-corrected chi connectivity index (χ0v) is 15.3. The number of hydrogen-bond acceptors (Lipinski definition) is 4. The van der Waals surface area contributed by atoms with Crippen molar-refractivity contribution in [1.82, 2.24) is 4.72 Å². The Balaban J connectivity index is 2.26. The van der Waals surface area contributed by atoms with E-state index in [2.05, 4.69) is 4.72 Å². The summed E-state index contributed by atoms with van der Waals surface area (Å²) in [7, 11) is -1.04. The predicted octanol–water partition coefficient (Wildman–Crippen LogP) is 3.06. The van der Waals surface area contributed by atoms with Crippen LogP contribution in [0.2, 0.25) is 0 Å². The van der Waals surface area contributed by atoms with Crippen LogP contribution in [0.5, 0.6) is 5.75 Å². The van der Waals surface area contributed by atoms with Gasteiger partial charge in [-0.3, -0.25) is 0 Å². The molecule has 0 saturated heterocycles. The van der Waals surface area contributed by atoms with Gasteiger partial charge in [0.05, 0.1) is 12.0 Å². The molecule has 1 atom stereocenters. The van der Waals surface area contributed by atoms with Crippen molar-refractivity contribution >= 4 is 10.0 Å². The average Bonchev–Trinajstić information content (AvgIpc) is 2.64. The number of nitrogens with one attached hydrogen (secondary N) is 1. The molecule has 1 N–H and O–H groups in total. The monoisotopic (exact) mass is 367 g/mol. The summed E-state index contributed by atoms with van der Waals surface area (Å²) in [4.78, 5) is -0.167. The highest BCUT2D eigenvalue weighted by Crippen LogP contribution is 2.29. The Kier molecular flexibility index (Phi) is 6.16. The molecule has 0 heterocycles. The molecule has 136 valence electrons. The third-order valence-corrected chi connectivity index (χ3v) is 5.64. The van der Waals surface area contributed by atoms with Crippen LogP contribution < -0.4 is 9.46 Å². The van der Waals surface area contributed by atoms with E-state index in [0.29, 0.717) is 6.42 Å². The van der Waals surface area contributed by atoms with E-state index < -0.39 is 21.4 Å². The number of halogens is 1. The maximum atomic E-state index is 13.8. The Bertz CT molecular complexity index is 805. The molecule has 0 spiro atoms. The first-order valence-corrected chi connectivity index (χ1v) is 9.30. The first-order valence-electron chi connectivity index (χ1n) is 7.82. The van der Waals surface area contributed by atoms with Crippen molar-refractivity contribution in [3.8, 4) is 5.75 Å². The first kappa shape index (κ1) is 19.4. The maximum absolute atomic E-state index is 13.8. The van der Waals surface area contributed by atoms with E-state index in [0.717, 1.165) is 11.6 Å². The van der Waals surface area contributed by atoms with Gasteiger partial charge in [-0.05, 0) is 30.2 Å². The minimum Gasteiger partial charge on any atom is -0.494 e. The fourth-order valence-corrected chi connectivity index (χ4v) is 3.71. The third-order valence-electron chi connectivity index (χ3n) is 4.24. The lowest BCUT2D eigenvalue weighted by atomic mass is 9.91. The minimum absolute atomic E-state index is 0.0111. The number of sulfonamides is 1. The zero-order valence-electron chi connectivity index (χ0n) is 14.5. The molecule has 0 saturated carbocycles. The number of rotatable bonds is 8. The van der Waals surface area contributed by atoms with Gasteiger partial charge in [0.2, 0.25) is 10.0 Å². The van der Waals surface area contributed by atoms with Gasteiger partial charge >= 0.3 is 0 Å². The molecule has 0 radical (unpaired) electrons. The van der Waals surface area contributed by atoms with Crippen LogP contribution >= 0.6 is 0 Å². The topological polar surface area (TPSA) is 64.6 Å². The summed E-state index contributed by atoms with van der Waals surface area (Å²) in [6.45, 7) is 1.94. The largest absolute Gasteiger partial charge is 0.494 e. The van der Waals surface area contributed by atoms with Gasteiger partial charge < -0.3 is 9.47 Å². The lowest BCUT2D eigenvalue weighted by Crippen LogP contribution is -2.41. The maximum Gasteiger partial charge on any atom is 0.240 e. The van der Waals surface area contributed by atoms with Crippen LogP contribution in [-0.4, -0.2) is 29.2 Å². The second-order valence-electron chi connectivity index (χ2n) is 5.54. The predicted molar refractivity (Wildman–Crippen MR) is 93.6 cm³/mol. The van der Waals surface area contributed by atoms with Crippen LogP contribution in [0, 0.1) is 5.82 Å². The molecule has 2 rings (SSSR count). The molecule has 0 amide bonds. The summed E-state index contributed by atoms with van der Waals surface area (Å²) in [5.74, 6) is -0.745. The highest BCUT2D eigenvalue weighted by atomic mass is 32.2. The van der Waals surface area contributed by atoms with Gasteiger partial charge in [0.15, 0.2) is 11.6 Å². The van der Waals surface area contributed by atoms with Gasteiger partial charge in [-0.15, -0.1) is 0 Å². The molecule has 0 unspecified atom stereocenters. The molecule has 0 aliphatic rings. The SMILES string of the molecule is CC[C@](CNS(=O)(=O)c1ccc(OC)c(F)c1)(OC)c1ccccc1. The number of hydrogen-bond donors (Lipinski definition) is 1. The average molecular weight is 367 g/mol. The number of methoxy groups -OCH3 is 2. The fourth-order valence-electron chi connectivity index (χ4n) is 2.62. The minimum atomic E-state index is -3.89. The van der Waals surface area contributed by atoms with Gasteiger partial charge in [0.1, 0.15) is 5.60 Å². The van der Waals surface area contributed by atoms with Gasteiger partial charge in [0, 0.05) is 13.7 Å². The van der Waals surface area contributed by atoms with Gasteiger partial charge in [0.25, 0.3) is 0 Å². The van der Waals surface area contributed by atoms with Crippen molar-refractivity contribution < 1.29 is 22.3 Å². The van der Waals surface area contributed by atoms with Crippen LogP contribution in [-0.2, 0) is 20.4 Å². The Hall–Kier alpha value is -1.96. The molecule has 2 aromatic rings. The molecule has 2 aromatic carbocycles. The molecule has 0 aromatic heterocycles. The summed E-state index contributed by atoms with van der Waals surface area (Å²) in [5, 5.41) is 0. The number of ether oxygens (including phenoxy) is 2. The van der Waals surface area contributed by atoms with E-state index in [1.54, 1.807) is 0 Å². The van der Waals surface area contributed by atoms with Crippen LogP contribution in [0.25, 0.3) is 0 Å². The Morgan fingerprint density at radius 1 is 1.12 bits per heavy atom. The molecule has 5 nitrogen and oxygen atoms in total. The number of benzene rings is 2. The quantitative estimate of drug-likeness (QED) is 0.779. The standard InChI is InChI=1S/C18H22FNO4S/c1-4-18(24-3,14-8-6-5-7-9-14)13-20-25(21,22)15-10-11-17(23-2)16(19)12-15/h5-12,20H,4,13H2,1-3H3/t18-/m1/s1. The molecular weight excluding hydrogens is 345 g/mol. The third kappa shape index (κ3) is 4.18. The van der Waals surface area contributed by atoms with E-state index in [9.17, 15) is 12.8 Å². The van der Waals surface area contributed by atoms with Crippen molar-refractivity contribution in [3.63, 3.8) is 0 Å². The lowest BCUT2D eigenvalue weighted by molar-refractivity contribution is -0.0133. The van der Waals surface area contributed by atoms with E-state index >= 15 is 0 Å². The Morgan fingerprint density at radius 3 is 2.32 bits per heavy atom. The Labute approximate surface area is 147 Å². The van der Waals surface area contributed by atoms with E-state index in [-0.39, 0.29) is 17.2 Å². The summed E-state index contributed by atoms with van der Waals surface area (Å²) < 4.78 is 51.8. The lowest BCUT2D eigenvalue weighted by Gasteiger charge is -2.32. The van der Waals surface area contributed by atoms with Gasteiger partial charge in [-0.2, -0.15) is 0 Å². The van der Waals surface area contributed by atoms with Crippen LogP contribution in [0.1, 0.15) is 18.9 Å². The molecule has 0 aliphatic heterocycles. The van der Waals surface area contributed by atoms with Crippen molar-refractivity contribution in [1.29, 1.82) is 0 Å². The smallest absolute Gasteiger partial charge is 0.240 e. The summed E-state index contributed by atoms with van der Waals surface area (Å²) in [5.41, 5.74) is 0.0582. The molecule has 0 aliphatic carbocycles. The van der Waals surface area contributed by atoms with Crippen LogP contribution in [0.15, 0.2) is 53.4 Å². The summed E-state index contributed by atoms with van der Waals surface area (Å²) >= 11 is 0. The van der Waals surface area contributed by atoms with E-state index in [1.807, 2.05) is 37.3 Å². The van der Waals surface area contributed by atoms with Gasteiger partial charge in [-0.1, -0.05) is 37.3 Å². The Morgan fingerprint density at radius 2 is 1.80 bits per heavy atom. The summed E-state index contributed by atoms with van der Waals surface area (Å²) in [6, 6.07) is 12.9. The van der Waals surface area contributed by atoms with Crippen molar-refractivity contribution in [2.75, 3.05) is 20.8 Å². The fraction of sp³-hybridized carbons (Fsp3) is 0.333. The highest BCUT2D eigenvalue weighted by molar-refractivity contribution is 7.89. The molecule has 25 heavy (non-hydrogen) atoms. The second-order valence-corrected chi connectivity index (χ2v) is 7.31. The molecular formula is C18H22FNO4S. The van der Waals surface area contributed by atoms with Crippen LogP contribution in [0.3, 0.4) is 0 Å². The molecule has 0 bridgehead atoms. The van der Waals surface area contributed by atoms with Crippen molar-refractivity contribution in [2.24, 2.45) is 0 Å². The van der Waals surface area contributed by atoms with E-state index in [1.165, 1.54) is 26.4 Å². The molecule has 7 heteroatoms. The van der Waals surface area contributed by atoms with Crippen LogP contribution in [0.4, 0.5) is 4.39 Å².